The molecule has 4 rings (SSSR count). The summed E-state index contributed by atoms with van der Waals surface area (Å²) >= 11 is 0. The number of halogens is 1. The molecule has 3 aromatic rings. The molecule has 1 aliphatic heterocycles. The van der Waals surface area contributed by atoms with Gasteiger partial charge in [-0.2, -0.15) is 0 Å². The third-order valence-corrected chi connectivity index (χ3v) is 4.36. The number of aryl methyl sites for hydroxylation is 1. The molecule has 25 heavy (non-hydrogen) atoms. The van der Waals surface area contributed by atoms with E-state index < -0.39 is 0 Å². The second-order valence-corrected chi connectivity index (χ2v) is 6.18. The molecule has 2 heterocycles. The third kappa shape index (κ3) is 3.25. The lowest BCUT2D eigenvalue weighted by Crippen LogP contribution is -2.23. The highest BCUT2D eigenvalue weighted by Crippen LogP contribution is 2.31. The van der Waals surface area contributed by atoms with Crippen LogP contribution in [0.4, 0.5) is 10.1 Å². The van der Waals surface area contributed by atoms with E-state index in [1.54, 1.807) is 16.8 Å². The molecular formula is C19H19FN4O. The minimum atomic E-state index is -0.267. The topological polar surface area (TPSA) is 43.2 Å². The Kier molecular flexibility index (Phi) is 4.19. The average molecular weight is 338 g/mol. The Balaban J connectivity index is 1.54. The summed E-state index contributed by atoms with van der Waals surface area (Å²) in [4.78, 5) is 2.16. The van der Waals surface area contributed by atoms with E-state index in [-0.39, 0.29) is 12.0 Å². The molecule has 0 amide bonds. The first kappa shape index (κ1) is 15.8. The molecule has 0 N–H and O–H groups in total. The lowest BCUT2D eigenvalue weighted by molar-refractivity contribution is 0.110. The van der Waals surface area contributed by atoms with Gasteiger partial charge < -0.3 is 9.64 Å². The van der Waals surface area contributed by atoms with E-state index in [1.807, 2.05) is 12.3 Å². The Labute approximate surface area is 145 Å². The molecular weight excluding hydrogens is 319 g/mol. The number of benzene rings is 2. The standard InChI is InChI=1S/C19H19FN4O/c1-14-6-8-16(9-7-14)24-10-11-25-19(24)18-13-23(22-21-18)12-15-4-2-3-5-17(15)20/h2-9,13,19H,10-12H2,1H3/t19-/m1/s1. The molecule has 0 aliphatic carbocycles. The molecule has 0 bridgehead atoms. The van der Waals surface area contributed by atoms with Crippen molar-refractivity contribution in [1.29, 1.82) is 0 Å². The van der Waals surface area contributed by atoms with Crippen molar-refractivity contribution in [3.8, 4) is 0 Å². The van der Waals surface area contributed by atoms with Gasteiger partial charge in [0.2, 0.25) is 0 Å². The molecule has 0 saturated carbocycles. The summed E-state index contributed by atoms with van der Waals surface area (Å²) in [7, 11) is 0. The van der Waals surface area contributed by atoms with Crippen molar-refractivity contribution in [3.63, 3.8) is 0 Å². The zero-order valence-electron chi connectivity index (χ0n) is 14.0. The fraction of sp³-hybridized carbons (Fsp3) is 0.263. The molecule has 0 radical (unpaired) electrons. The van der Waals surface area contributed by atoms with Crippen LogP contribution in [0.2, 0.25) is 0 Å². The van der Waals surface area contributed by atoms with E-state index in [0.29, 0.717) is 18.7 Å². The Bertz CT molecular complexity index is 862. The second-order valence-electron chi connectivity index (χ2n) is 6.18. The first-order chi connectivity index (χ1) is 12.2. The van der Waals surface area contributed by atoms with E-state index in [0.717, 1.165) is 17.9 Å². The van der Waals surface area contributed by atoms with Crippen molar-refractivity contribution in [2.45, 2.75) is 19.7 Å². The minimum Gasteiger partial charge on any atom is -0.350 e. The highest BCUT2D eigenvalue weighted by atomic mass is 19.1. The normalized spacial score (nSPS) is 17.2. The van der Waals surface area contributed by atoms with Crippen LogP contribution in [0.5, 0.6) is 0 Å². The zero-order valence-corrected chi connectivity index (χ0v) is 14.0. The third-order valence-electron chi connectivity index (χ3n) is 4.36. The first-order valence-corrected chi connectivity index (χ1v) is 8.29. The number of ether oxygens (including phenoxy) is 1. The summed E-state index contributed by atoms with van der Waals surface area (Å²) in [5.74, 6) is -0.238. The first-order valence-electron chi connectivity index (χ1n) is 8.29. The summed E-state index contributed by atoms with van der Waals surface area (Å²) in [5.41, 5.74) is 3.63. The van der Waals surface area contributed by atoms with Gasteiger partial charge in [0.05, 0.1) is 19.3 Å². The largest absolute Gasteiger partial charge is 0.350 e. The Morgan fingerprint density at radius 2 is 1.96 bits per heavy atom. The van der Waals surface area contributed by atoms with Crippen LogP contribution in [0.1, 0.15) is 23.0 Å². The molecule has 1 fully saturated rings. The van der Waals surface area contributed by atoms with Gasteiger partial charge in [0.25, 0.3) is 0 Å². The molecule has 2 aromatic carbocycles. The van der Waals surface area contributed by atoms with Crippen LogP contribution in [0.3, 0.4) is 0 Å². The second kappa shape index (κ2) is 6.64. The van der Waals surface area contributed by atoms with E-state index in [1.165, 1.54) is 11.6 Å². The summed E-state index contributed by atoms with van der Waals surface area (Å²) in [6, 6.07) is 15.0. The zero-order chi connectivity index (χ0) is 17.2. The summed E-state index contributed by atoms with van der Waals surface area (Å²) in [5, 5.41) is 8.37. The summed E-state index contributed by atoms with van der Waals surface area (Å²) < 4.78 is 21.3. The number of rotatable bonds is 4. The molecule has 1 aliphatic rings. The van der Waals surface area contributed by atoms with E-state index in [4.69, 9.17) is 4.74 Å². The molecule has 6 heteroatoms. The Hall–Kier alpha value is -2.73. The van der Waals surface area contributed by atoms with Gasteiger partial charge in [-0.3, -0.25) is 0 Å². The number of nitrogens with zero attached hydrogens (tertiary/aromatic N) is 4. The van der Waals surface area contributed by atoms with Crippen molar-refractivity contribution >= 4 is 5.69 Å². The SMILES string of the molecule is Cc1ccc(N2CCO[C@@H]2c2cn(Cc3ccccc3F)nn2)cc1. The lowest BCUT2D eigenvalue weighted by Gasteiger charge is -2.23. The van der Waals surface area contributed by atoms with Gasteiger partial charge in [-0.15, -0.1) is 5.10 Å². The van der Waals surface area contributed by atoms with Crippen LogP contribution in [0.25, 0.3) is 0 Å². The van der Waals surface area contributed by atoms with Gasteiger partial charge in [-0.25, -0.2) is 9.07 Å². The molecule has 1 atom stereocenters. The fourth-order valence-corrected chi connectivity index (χ4v) is 3.02. The number of anilines is 1. The van der Waals surface area contributed by atoms with E-state index >= 15 is 0 Å². The molecule has 1 saturated heterocycles. The van der Waals surface area contributed by atoms with Crippen molar-refractivity contribution in [2.24, 2.45) is 0 Å². The van der Waals surface area contributed by atoms with Gasteiger partial charge in [-0.05, 0) is 25.1 Å². The van der Waals surface area contributed by atoms with E-state index in [2.05, 4.69) is 46.4 Å². The summed E-state index contributed by atoms with van der Waals surface area (Å²) in [6.07, 6.45) is 1.56. The molecule has 1 aromatic heterocycles. The smallest absolute Gasteiger partial charge is 0.177 e. The summed E-state index contributed by atoms with van der Waals surface area (Å²) in [6.45, 7) is 3.85. The lowest BCUT2D eigenvalue weighted by atomic mass is 10.2. The van der Waals surface area contributed by atoms with Crippen molar-refractivity contribution in [2.75, 3.05) is 18.1 Å². The van der Waals surface area contributed by atoms with Crippen LogP contribution in [0.15, 0.2) is 54.7 Å². The Morgan fingerprint density at radius 1 is 1.16 bits per heavy atom. The maximum atomic E-state index is 13.8. The predicted molar refractivity (Wildman–Crippen MR) is 92.7 cm³/mol. The number of hydrogen-bond donors (Lipinski definition) is 0. The van der Waals surface area contributed by atoms with Crippen molar-refractivity contribution in [3.05, 3.63) is 77.4 Å². The van der Waals surface area contributed by atoms with Crippen LogP contribution in [-0.2, 0) is 11.3 Å². The number of hydrogen-bond acceptors (Lipinski definition) is 4. The maximum absolute atomic E-state index is 13.8. The quantitative estimate of drug-likeness (QED) is 0.732. The Morgan fingerprint density at radius 3 is 2.76 bits per heavy atom. The van der Waals surface area contributed by atoms with Gasteiger partial charge >= 0.3 is 0 Å². The van der Waals surface area contributed by atoms with Crippen LogP contribution < -0.4 is 4.90 Å². The highest BCUT2D eigenvalue weighted by Gasteiger charge is 2.29. The van der Waals surface area contributed by atoms with Crippen molar-refractivity contribution < 1.29 is 9.13 Å². The van der Waals surface area contributed by atoms with Crippen LogP contribution in [-0.4, -0.2) is 28.1 Å². The maximum Gasteiger partial charge on any atom is 0.177 e. The van der Waals surface area contributed by atoms with Gasteiger partial charge in [-0.1, -0.05) is 41.1 Å². The number of aromatic nitrogens is 3. The molecule has 5 nitrogen and oxygen atoms in total. The molecule has 0 spiro atoms. The van der Waals surface area contributed by atoms with Crippen LogP contribution in [0, 0.1) is 12.7 Å². The molecule has 128 valence electrons. The molecule has 0 unspecified atom stereocenters. The highest BCUT2D eigenvalue weighted by molar-refractivity contribution is 5.49. The monoisotopic (exact) mass is 338 g/mol. The van der Waals surface area contributed by atoms with Crippen molar-refractivity contribution in [1.82, 2.24) is 15.0 Å². The van der Waals surface area contributed by atoms with E-state index in [9.17, 15) is 4.39 Å². The average Bonchev–Trinajstić information content (AvgIpc) is 3.27. The van der Waals surface area contributed by atoms with Crippen LogP contribution >= 0.6 is 0 Å². The van der Waals surface area contributed by atoms with Gasteiger partial charge in [0.1, 0.15) is 11.5 Å². The predicted octanol–water partition coefficient (Wildman–Crippen LogP) is 3.31. The van der Waals surface area contributed by atoms with Gasteiger partial charge in [0, 0.05) is 17.8 Å². The van der Waals surface area contributed by atoms with Gasteiger partial charge in [0.15, 0.2) is 6.23 Å². The fourth-order valence-electron chi connectivity index (χ4n) is 3.02. The minimum absolute atomic E-state index is 0.238.